The number of benzene rings is 1. The SMILES string of the molecule is C=Nc1c(/C=C\C)cc(OC)cc1NS(=O)(=O)c1ccc(-c2cc(C(F)(F)F)n(C)n2)s1.CC. The number of ether oxygens (including phenoxy) is 1. The maximum absolute atomic E-state index is 13.0. The van der Waals surface area contributed by atoms with Crippen molar-refractivity contribution in [1.29, 1.82) is 0 Å². The van der Waals surface area contributed by atoms with Crippen molar-refractivity contribution in [3.8, 4) is 16.3 Å². The molecule has 0 amide bonds. The van der Waals surface area contributed by atoms with Gasteiger partial charge in [0.1, 0.15) is 21.3 Å². The molecule has 0 aliphatic carbocycles. The van der Waals surface area contributed by atoms with E-state index in [-0.39, 0.29) is 20.5 Å². The zero-order valence-corrected chi connectivity index (χ0v) is 20.9. The lowest BCUT2D eigenvalue weighted by molar-refractivity contribution is -0.143. The van der Waals surface area contributed by atoms with Gasteiger partial charge in [0.15, 0.2) is 0 Å². The first-order valence-electron chi connectivity index (χ1n) is 10.1. The fourth-order valence-electron chi connectivity index (χ4n) is 2.96. The molecular formula is C22H25F3N4O3S2. The first-order valence-corrected chi connectivity index (χ1v) is 12.4. The minimum absolute atomic E-state index is 0.0245. The zero-order chi connectivity index (χ0) is 25.7. The van der Waals surface area contributed by atoms with Gasteiger partial charge in [-0.25, -0.2) is 8.42 Å². The minimum Gasteiger partial charge on any atom is -0.497 e. The van der Waals surface area contributed by atoms with E-state index in [1.165, 1.54) is 32.4 Å². The number of thiophene rings is 1. The van der Waals surface area contributed by atoms with Crippen molar-refractivity contribution < 1.29 is 26.3 Å². The lowest BCUT2D eigenvalue weighted by Crippen LogP contribution is -2.12. The Labute approximate surface area is 200 Å². The van der Waals surface area contributed by atoms with Crippen LogP contribution in [0.4, 0.5) is 24.5 Å². The topological polar surface area (TPSA) is 85.6 Å². The molecule has 0 saturated heterocycles. The molecular weight excluding hydrogens is 489 g/mol. The van der Waals surface area contributed by atoms with Crippen molar-refractivity contribution in [2.45, 2.75) is 31.2 Å². The van der Waals surface area contributed by atoms with Gasteiger partial charge in [-0.2, -0.15) is 18.3 Å². The third-order valence-electron chi connectivity index (χ3n) is 4.37. The maximum Gasteiger partial charge on any atom is 0.433 e. The van der Waals surface area contributed by atoms with Crippen LogP contribution in [0.15, 0.2) is 45.6 Å². The van der Waals surface area contributed by atoms with E-state index in [1.807, 2.05) is 13.8 Å². The van der Waals surface area contributed by atoms with Gasteiger partial charge in [0.05, 0.1) is 23.4 Å². The highest BCUT2D eigenvalue weighted by molar-refractivity contribution is 7.94. The third-order valence-corrected chi connectivity index (χ3v) is 7.33. The molecule has 3 aromatic rings. The number of allylic oxidation sites excluding steroid dienone is 1. The van der Waals surface area contributed by atoms with Crippen molar-refractivity contribution in [2.75, 3.05) is 11.8 Å². The number of halogens is 3. The standard InChI is InChI=1S/C20H19F3N4O3S2.C2H6/c1-5-6-12-9-13(30-4)10-15(19(12)24-2)26-32(28,29)18-8-7-16(31-18)14-11-17(20(21,22)23)27(3)25-14;1-2/h5-11,26H,2H2,1,3-4H3;1-2H3/b6-5-;. The van der Waals surface area contributed by atoms with Gasteiger partial charge >= 0.3 is 6.18 Å². The summed E-state index contributed by atoms with van der Waals surface area (Å²) in [6, 6.07) is 6.74. The van der Waals surface area contributed by atoms with E-state index in [1.54, 1.807) is 25.1 Å². The molecule has 184 valence electrons. The van der Waals surface area contributed by atoms with Crippen LogP contribution in [-0.2, 0) is 23.2 Å². The maximum atomic E-state index is 13.0. The summed E-state index contributed by atoms with van der Waals surface area (Å²) in [5.41, 5.74) is 0.150. The molecule has 0 aliphatic rings. The molecule has 12 heteroatoms. The van der Waals surface area contributed by atoms with E-state index < -0.39 is 21.9 Å². The van der Waals surface area contributed by atoms with E-state index in [0.717, 1.165) is 17.4 Å². The monoisotopic (exact) mass is 514 g/mol. The van der Waals surface area contributed by atoms with E-state index in [4.69, 9.17) is 4.74 Å². The summed E-state index contributed by atoms with van der Waals surface area (Å²) in [6.07, 6.45) is -1.08. The molecule has 2 aromatic heterocycles. The lowest BCUT2D eigenvalue weighted by Gasteiger charge is -2.13. The Morgan fingerprint density at radius 1 is 1.24 bits per heavy atom. The molecule has 1 aromatic carbocycles. The van der Waals surface area contributed by atoms with Crippen LogP contribution in [0.5, 0.6) is 5.75 Å². The molecule has 0 atom stereocenters. The second kappa shape index (κ2) is 10.9. The minimum atomic E-state index is -4.57. The van der Waals surface area contributed by atoms with Crippen LogP contribution in [0.25, 0.3) is 16.6 Å². The van der Waals surface area contributed by atoms with Crippen LogP contribution in [0, 0.1) is 0 Å². The molecule has 0 unspecified atom stereocenters. The number of rotatable bonds is 7. The number of nitrogens with one attached hydrogen (secondary N) is 1. The van der Waals surface area contributed by atoms with E-state index >= 15 is 0 Å². The number of methoxy groups -OCH3 is 1. The number of anilines is 1. The number of aryl methyl sites for hydroxylation is 1. The number of aromatic nitrogens is 2. The second-order valence-corrected chi connectivity index (χ2v) is 9.52. The Morgan fingerprint density at radius 2 is 1.91 bits per heavy atom. The Bertz CT molecular complexity index is 1290. The number of aliphatic imine (C=N–C) groups is 1. The smallest absolute Gasteiger partial charge is 0.433 e. The van der Waals surface area contributed by atoms with Crippen LogP contribution >= 0.6 is 11.3 Å². The molecule has 2 heterocycles. The fraction of sp³-hybridized carbons (Fsp3) is 0.273. The largest absolute Gasteiger partial charge is 0.497 e. The van der Waals surface area contributed by atoms with E-state index in [0.29, 0.717) is 21.7 Å². The first kappa shape index (κ1) is 27.1. The fourth-order valence-corrected chi connectivity index (χ4v) is 5.28. The van der Waals surface area contributed by atoms with Crippen molar-refractivity contribution >= 4 is 45.5 Å². The molecule has 0 fully saturated rings. The van der Waals surface area contributed by atoms with Crippen LogP contribution < -0.4 is 9.46 Å². The van der Waals surface area contributed by atoms with Gasteiger partial charge in [-0.3, -0.25) is 14.4 Å². The van der Waals surface area contributed by atoms with Gasteiger partial charge in [-0.05, 0) is 37.9 Å². The molecule has 0 spiro atoms. The molecule has 0 bridgehead atoms. The van der Waals surface area contributed by atoms with Crippen LogP contribution in [0.1, 0.15) is 32.0 Å². The van der Waals surface area contributed by atoms with Gasteiger partial charge in [0.25, 0.3) is 10.0 Å². The van der Waals surface area contributed by atoms with Crippen molar-refractivity contribution in [1.82, 2.24) is 9.78 Å². The summed E-state index contributed by atoms with van der Waals surface area (Å²) < 4.78 is 73.4. The van der Waals surface area contributed by atoms with Crippen LogP contribution in [-0.4, -0.2) is 32.0 Å². The molecule has 0 saturated carbocycles. The Kier molecular flexibility index (Phi) is 8.67. The Balaban J connectivity index is 0.00000199. The van der Waals surface area contributed by atoms with Gasteiger partial charge in [0.2, 0.25) is 0 Å². The quantitative estimate of drug-likeness (QED) is 0.371. The summed E-state index contributed by atoms with van der Waals surface area (Å²) in [7, 11) is -1.46. The van der Waals surface area contributed by atoms with Crippen molar-refractivity contribution in [3.05, 3.63) is 47.7 Å². The van der Waals surface area contributed by atoms with Crippen LogP contribution in [0.2, 0.25) is 0 Å². The summed E-state index contributed by atoms with van der Waals surface area (Å²) >= 11 is 0.798. The zero-order valence-electron chi connectivity index (χ0n) is 19.3. The highest BCUT2D eigenvalue weighted by atomic mass is 32.2. The molecule has 0 radical (unpaired) electrons. The molecule has 7 nitrogen and oxygen atoms in total. The van der Waals surface area contributed by atoms with Gasteiger partial charge in [-0.15, -0.1) is 11.3 Å². The average Bonchev–Trinajstić information content (AvgIpc) is 3.42. The summed E-state index contributed by atoms with van der Waals surface area (Å²) in [5, 5.41) is 3.85. The normalized spacial score (nSPS) is 11.8. The number of alkyl halides is 3. The molecule has 34 heavy (non-hydrogen) atoms. The predicted octanol–water partition coefficient (Wildman–Crippen LogP) is 6.37. The average molecular weight is 515 g/mol. The van der Waals surface area contributed by atoms with E-state index in [9.17, 15) is 21.6 Å². The van der Waals surface area contributed by atoms with Gasteiger partial charge in [0, 0.05) is 18.7 Å². The van der Waals surface area contributed by atoms with Crippen LogP contribution in [0.3, 0.4) is 0 Å². The Hall–Kier alpha value is -3.12. The van der Waals surface area contributed by atoms with Crippen molar-refractivity contribution in [2.24, 2.45) is 12.0 Å². The number of nitrogens with zero attached hydrogens (tertiary/aromatic N) is 3. The highest BCUT2D eigenvalue weighted by Gasteiger charge is 2.35. The summed E-state index contributed by atoms with van der Waals surface area (Å²) in [4.78, 5) is 4.21. The molecule has 1 N–H and O–H groups in total. The highest BCUT2D eigenvalue weighted by Crippen LogP contribution is 2.38. The summed E-state index contributed by atoms with van der Waals surface area (Å²) in [5.74, 6) is 0.406. The number of hydrogen-bond donors (Lipinski definition) is 1. The van der Waals surface area contributed by atoms with Gasteiger partial charge in [-0.1, -0.05) is 26.0 Å². The van der Waals surface area contributed by atoms with Gasteiger partial charge < -0.3 is 4.74 Å². The third kappa shape index (κ3) is 5.86. The predicted molar refractivity (Wildman–Crippen MR) is 131 cm³/mol. The lowest BCUT2D eigenvalue weighted by atomic mass is 10.1. The number of hydrogen-bond acceptors (Lipinski definition) is 6. The number of sulfonamides is 1. The van der Waals surface area contributed by atoms with E-state index in [2.05, 4.69) is 21.5 Å². The molecule has 0 aliphatic heterocycles. The summed E-state index contributed by atoms with van der Waals surface area (Å²) in [6.45, 7) is 9.30. The molecule has 3 rings (SSSR count). The first-order chi connectivity index (χ1) is 16.0. The Morgan fingerprint density at radius 3 is 2.44 bits per heavy atom. The second-order valence-electron chi connectivity index (χ2n) is 6.53. The van der Waals surface area contributed by atoms with Crippen molar-refractivity contribution in [3.63, 3.8) is 0 Å².